The van der Waals surface area contributed by atoms with Crippen molar-refractivity contribution in [3.63, 3.8) is 0 Å². The van der Waals surface area contributed by atoms with Gasteiger partial charge in [-0.1, -0.05) is 30.3 Å². The third-order valence-corrected chi connectivity index (χ3v) is 3.31. The second-order valence-corrected chi connectivity index (χ2v) is 4.58. The van der Waals surface area contributed by atoms with Crippen LogP contribution in [-0.2, 0) is 6.42 Å². The lowest BCUT2D eigenvalue weighted by molar-refractivity contribution is 0.102. The monoisotopic (exact) mass is 238 g/mol. The number of ketones is 1. The van der Waals surface area contributed by atoms with Crippen LogP contribution in [0.25, 0.3) is 6.08 Å². The van der Waals surface area contributed by atoms with E-state index >= 15 is 0 Å². The summed E-state index contributed by atoms with van der Waals surface area (Å²) in [5.74, 6) is 0.117. The number of benzene rings is 1. The van der Waals surface area contributed by atoms with E-state index in [2.05, 4.69) is 10.2 Å². The van der Waals surface area contributed by atoms with Gasteiger partial charge in [-0.3, -0.25) is 9.89 Å². The molecular weight excluding hydrogens is 224 g/mol. The fraction of sp³-hybridized carbons (Fsp3) is 0.200. The molecule has 3 nitrogen and oxygen atoms in total. The van der Waals surface area contributed by atoms with Crippen LogP contribution in [0.2, 0.25) is 0 Å². The second kappa shape index (κ2) is 4.26. The van der Waals surface area contributed by atoms with E-state index in [1.165, 1.54) is 0 Å². The van der Waals surface area contributed by atoms with Crippen LogP contribution in [0.15, 0.2) is 35.9 Å². The van der Waals surface area contributed by atoms with Crippen LogP contribution in [0.5, 0.6) is 0 Å². The first-order valence-electron chi connectivity index (χ1n) is 6.10. The van der Waals surface area contributed by atoms with Crippen LogP contribution in [0.1, 0.15) is 33.7 Å². The molecule has 0 amide bonds. The largest absolute Gasteiger partial charge is 0.289 e. The van der Waals surface area contributed by atoms with Crippen LogP contribution in [0.4, 0.5) is 0 Å². The molecule has 0 unspecified atom stereocenters. The van der Waals surface area contributed by atoms with Crippen LogP contribution in [0.3, 0.4) is 0 Å². The van der Waals surface area contributed by atoms with Gasteiger partial charge in [0.1, 0.15) is 0 Å². The second-order valence-electron chi connectivity index (χ2n) is 4.58. The van der Waals surface area contributed by atoms with E-state index < -0.39 is 0 Å². The predicted octanol–water partition coefficient (Wildman–Crippen LogP) is 2.93. The summed E-state index contributed by atoms with van der Waals surface area (Å²) in [5, 5.41) is 7.07. The number of aromatic amines is 1. The number of nitrogens with one attached hydrogen (secondary N) is 1. The molecule has 0 spiro atoms. The Hall–Kier alpha value is -2.16. The van der Waals surface area contributed by atoms with E-state index in [0.717, 1.165) is 40.9 Å². The molecule has 0 bridgehead atoms. The minimum Gasteiger partial charge on any atom is -0.289 e. The van der Waals surface area contributed by atoms with E-state index in [1.807, 2.05) is 43.3 Å². The van der Waals surface area contributed by atoms with Crippen molar-refractivity contribution in [3.05, 3.63) is 58.4 Å². The first-order valence-corrected chi connectivity index (χ1v) is 6.10. The zero-order valence-electron chi connectivity index (χ0n) is 10.2. The number of rotatable bonds is 1. The highest BCUT2D eigenvalue weighted by molar-refractivity contribution is 6.13. The molecule has 1 aliphatic rings. The summed E-state index contributed by atoms with van der Waals surface area (Å²) in [5.41, 5.74) is 4.49. The van der Waals surface area contributed by atoms with Gasteiger partial charge in [0.05, 0.1) is 11.3 Å². The van der Waals surface area contributed by atoms with Crippen LogP contribution in [0, 0.1) is 6.92 Å². The van der Waals surface area contributed by atoms with Gasteiger partial charge in [-0.25, -0.2) is 0 Å². The molecular formula is C15H14N2O. The highest BCUT2D eigenvalue weighted by Crippen LogP contribution is 2.27. The Labute approximate surface area is 106 Å². The lowest BCUT2D eigenvalue weighted by Gasteiger charge is -2.13. The van der Waals surface area contributed by atoms with Gasteiger partial charge in [-0.05, 0) is 31.4 Å². The number of H-pyrrole nitrogens is 1. The average molecular weight is 238 g/mol. The van der Waals surface area contributed by atoms with Gasteiger partial charge >= 0.3 is 0 Å². The molecule has 0 atom stereocenters. The number of hydrogen-bond acceptors (Lipinski definition) is 2. The predicted molar refractivity (Wildman–Crippen MR) is 70.4 cm³/mol. The lowest BCUT2D eigenvalue weighted by Crippen LogP contribution is -2.13. The van der Waals surface area contributed by atoms with Gasteiger partial charge in [0.2, 0.25) is 0 Å². The topological polar surface area (TPSA) is 45.8 Å². The van der Waals surface area contributed by atoms with Crippen molar-refractivity contribution >= 4 is 11.9 Å². The molecule has 1 heterocycles. The molecule has 0 radical (unpaired) electrons. The first kappa shape index (κ1) is 11.0. The van der Waals surface area contributed by atoms with Crippen molar-refractivity contribution < 1.29 is 4.79 Å². The number of Topliss-reactive ketones (excluding diaryl/α,β-unsaturated/α-hetero) is 1. The first-order chi connectivity index (χ1) is 8.75. The van der Waals surface area contributed by atoms with Crippen molar-refractivity contribution in [2.24, 2.45) is 0 Å². The summed E-state index contributed by atoms with van der Waals surface area (Å²) in [7, 11) is 0. The molecule has 1 N–H and O–H groups in total. The standard InChI is InChI=1S/C15H14N2O/c1-10-14-13(17-16-10)8-7-12(15(14)18)9-11-5-3-2-4-6-11/h2-6,9H,7-8H2,1H3,(H,16,17)/b12-9+. The lowest BCUT2D eigenvalue weighted by atomic mass is 9.89. The molecule has 90 valence electrons. The van der Waals surface area contributed by atoms with Gasteiger partial charge in [-0.15, -0.1) is 0 Å². The fourth-order valence-electron chi connectivity index (χ4n) is 2.38. The Kier molecular flexibility index (Phi) is 2.59. The quantitative estimate of drug-likeness (QED) is 0.776. The maximum absolute atomic E-state index is 12.4. The number of nitrogens with zero attached hydrogens (tertiary/aromatic N) is 1. The van der Waals surface area contributed by atoms with E-state index in [0.29, 0.717) is 0 Å². The smallest absolute Gasteiger partial charge is 0.192 e. The number of carbonyl (C=O) groups is 1. The van der Waals surface area contributed by atoms with E-state index in [-0.39, 0.29) is 5.78 Å². The molecule has 2 aromatic rings. The normalized spacial score (nSPS) is 16.9. The van der Waals surface area contributed by atoms with Crippen molar-refractivity contribution in [3.8, 4) is 0 Å². The number of carbonyl (C=O) groups excluding carboxylic acids is 1. The Morgan fingerprint density at radius 1 is 1.22 bits per heavy atom. The van der Waals surface area contributed by atoms with Crippen molar-refractivity contribution in [1.82, 2.24) is 10.2 Å². The number of aromatic nitrogens is 2. The molecule has 0 fully saturated rings. The van der Waals surface area contributed by atoms with Crippen molar-refractivity contribution in [1.29, 1.82) is 0 Å². The zero-order chi connectivity index (χ0) is 12.5. The third kappa shape index (κ3) is 1.78. The Bertz CT molecular complexity index is 623. The van der Waals surface area contributed by atoms with Crippen molar-refractivity contribution in [2.45, 2.75) is 19.8 Å². The van der Waals surface area contributed by atoms with Crippen molar-refractivity contribution in [2.75, 3.05) is 0 Å². The Morgan fingerprint density at radius 3 is 2.78 bits per heavy atom. The van der Waals surface area contributed by atoms with Gasteiger partial charge in [0.15, 0.2) is 5.78 Å². The van der Waals surface area contributed by atoms with Gasteiger partial charge in [0.25, 0.3) is 0 Å². The minimum absolute atomic E-state index is 0.117. The number of hydrogen-bond donors (Lipinski definition) is 1. The zero-order valence-corrected chi connectivity index (χ0v) is 10.2. The highest BCUT2D eigenvalue weighted by Gasteiger charge is 2.26. The molecule has 1 aromatic carbocycles. The number of aryl methyl sites for hydroxylation is 2. The molecule has 3 heteroatoms. The average Bonchev–Trinajstić information content (AvgIpc) is 2.77. The van der Waals surface area contributed by atoms with Crippen LogP contribution < -0.4 is 0 Å². The van der Waals surface area contributed by atoms with E-state index in [1.54, 1.807) is 0 Å². The fourth-order valence-corrected chi connectivity index (χ4v) is 2.38. The van der Waals surface area contributed by atoms with E-state index in [4.69, 9.17) is 0 Å². The van der Waals surface area contributed by atoms with Gasteiger partial charge < -0.3 is 0 Å². The maximum Gasteiger partial charge on any atom is 0.192 e. The number of fused-ring (bicyclic) bond motifs is 1. The summed E-state index contributed by atoms with van der Waals surface area (Å²) in [6.45, 7) is 1.90. The summed E-state index contributed by atoms with van der Waals surface area (Å²) in [6.07, 6.45) is 3.59. The summed E-state index contributed by atoms with van der Waals surface area (Å²) < 4.78 is 0. The third-order valence-electron chi connectivity index (χ3n) is 3.31. The molecule has 0 saturated heterocycles. The van der Waals surface area contributed by atoms with E-state index in [9.17, 15) is 4.79 Å². The minimum atomic E-state index is 0.117. The molecule has 0 saturated carbocycles. The summed E-state index contributed by atoms with van der Waals surface area (Å²) in [6, 6.07) is 9.96. The van der Waals surface area contributed by atoms with Gasteiger partial charge in [-0.2, -0.15) is 5.10 Å². The van der Waals surface area contributed by atoms with Gasteiger partial charge in [0, 0.05) is 11.3 Å². The number of allylic oxidation sites excluding steroid dienone is 1. The van der Waals surface area contributed by atoms with Crippen LogP contribution >= 0.6 is 0 Å². The van der Waals surface area contributed by atoms with Crippen LogP contribution in [-0.4, -0.2) is 16.0 Å². The maximum atomic E-state index is 12.4. The molecule has 0 aliphatic heterocycles. The molecule has 1 aromatic heterocycles. The highest BCUT2D eigenvalue weighted by atomic mass is 16.1. The SMILES string of the molecule is Cc1[nH]nc2c1C(=O)/C(=C/c1ccccc1)CC2. The summed E-state index contributed by atoms with van der Waals surface area (Å²) >= 11 is 0. The Morgan fingerprint density at radius 2 is 2.00 bits per heavy atom. The molecule has 1 aliphatic carbocycles. The molecule has 3 rings (SSSR count). The summed E-state index contributed by atoms with van der Waals surface area (Å²) in [4.78, 5) is 12.4. The molecule has 18 heavy (non-hydrogen) atoms. The Balaban J connectivity index is 2.00.